The maximum Gasteiger partial charge on any atom is 0.0924 e. The summed E-state index contributed by atoms with van der Waals surface area (Å²) in [6, 6.07) is 12.0. The molecule has 0 aliphatic rings. The topological polar surface area (TPSA) is 54.7 Å². The van der Waals surface area contributed by atoms with Crippen molar-refractivity contribution in [1.82, 2.24) is 10.2 Å². The molecule has 78 valence electrons. The molecule has 0 saturated carbocycles. The molecule has 0 aliphatic heterocycles. The van der Waals surface area contributed by atoms with Crippen molar-refractivity contribution in [3.63, 3.8) is 0 Å². The van der Waals surface area contributed by atoms with E-state index in [9.17, 15) is 0 Å². The Morgan fingerprint density at radius 2 is 1.87 bits per heavy atom. The smallest absolute Gasteiger partial charge is 0.0924 e. The number of rotatable bonds is 2. The number of H-pyrrole nitrogens is 1. The van der Waals surface area contributed by atoms with Gasteiger partial charge in [-0.15, -0.1) is 0 Å². The van der Waals surface area contributed by atoms with E-state index >= 15 is 0 Å². The zero-order valence-electron chi connectivity index (χ0n) is 8.99. The molecule has 15 heavy (non-hydrogen) atoms. The minimum atomic E-state index is -0.375. The van der Waals surface area contributed by atoms with Gasteiger partial charge in [-0.05, 0) is 19.9 Å². The summed E-state index contributed by atoms with van der Waals surface area (Å²) in [6.07, 6.45) is 0. The van der Waals surface area contributed by atoms with E-state index in [0.29, 0.717) is 0 Å². The van der Waals surface area contributed by atoms with Gasteiger partial charge in [0.15, 0.2) is 0 Å². The van der Waals surface area contributed by atoms with Crippen molar-refractivity contribution in [2.75, 3.05) is 0 Å². The van der Waals surface area contributed by atoms with Crippen molar-refractivity contribution in [1.29, 1.82) is 0 Å². The first kappa shape index (κ1) is 9.93. The van der Waals surface area contributed by atoms with Gasteiger partial charge >= 0.3 is 0 Å². The number of aromatic nitrogens is 2. The summed E-state index contributed by atoms with van der Waals surface area (Å²) in [4.78, 5) is 0. The van der Waals surface area contributed by atoms with Gasteiger partial charge in [0, 0.05) is 5.56 Å². The molecule has 0 fully saturated rings. The first-order valence-corrected chi connectivity index (χ1v) is 4.97. The van der Waals surface area contributed by atoms with Crippen molar-refractivity contribution < 1.29 is 0 Å². The third kappa shape index (κ3) is 2.07. The summed E-state index contributed by atoms with van der Waals surface area (Å²) in [7, 11) is 0. The third-order valence-electron chi connectivity index (χ3n) is 2.34. The molecule has 0 spiro atoms. The van der Waals surface area contributed by atoms with E-state index in [0.717, 1.165) is 17.0 Å². The lowest BCUT2D eigenvalue weighted by Gasteiger charge is -2.14. The molecule has 1 aromatic carbocycles. The van der Waals surface area contributed by atoms with Crippen LogP contribution >= 0.6 is 0 Å². The Morgan fingerprint density at radius 3 is 2.40 bits per heavy atom. The average Bonchev–Trinajstić information content (AvgIpc) is 2.67. The van der Waals surface area contributed by atoms with Gasteiger partial charge in [-0.3, -0.25) is 5.10 Å². The fourth-order valence-corrected chi connectivity index (χ4v) is 1.41. The standard InChI is InChI=1S/C12H15N3/c1-12(2,13)11-8-10(14-15-11)9-6-4-3-5-7-9/h3-8H,13H2,1-2H3,(H,14,15). The highest BCUT2D eigenvalue weighted by atomic mass is 15.1. The van der Waals surface area contributed by atoms with Crippen LogP contribution in [0.5, 0.6) is 0 Å². The molecule has 0 bridgehead atoms. The van der Waals surface area contributed by atoms with E-state index in [-0.39, 0.29) is 5.54 Å². The van der Waals surface area contributed by atoms with E-state index in [4.69, 9.17) is 5.73 Å². The number of aromatic amines is 1. The fourth-order valence-electron chi connectivity index (χ4n) is 1.41. The Hall–Kier alpha value is -1.61. The molecule has 0 atom stereocenters. The van der Waals surface area contributed by atoms with E-state index < -0.39 is 0 Å². The molecule has 0 radical (unpaired) electrons. The van der Waals surface area contributed by atoms with Gasteiger partial charge in [-0.2, -0.15) is 5.10 Å². The predicted octanol–water partition coefficient (Wildman–Crippen LogP) is 2.27. The third-order valence-corrected chi connectivity index (χ3v) is 2.34. The van der Waals surface area contributed by atoms with Crippen LogP contribution in [-0.4, -0.2) is 10.2 Å². The molecule has 2 aromatic rings. The van der Waals surface area contributed by atoms with Crippen molar-refractivity contribution in [2.24, 2.45) is 5.73 Å². The van der Waals surface area contributed by atoms with Gasteiger partial charge in [-0.1, -0.05) is 30.3 Å². The van der Waals surface area contributed by atoms with Crippen molar-refractivity contribution in [3.05, 3.63) is 42.1 Å². The summed E-state index contributed by atoms with van der Waals surface area (Å²) in [5.41, 5.74) is 8.58. The number of nitrogens with one attached hydrogen (secondary N) is 1. The minimum Gasteiger partial charge on any atom is -0.321 e. The quantitative estimate of drug-likeness (QED) is 0.783. The van der Waals surface area contributed by atoms with Crippen LogP contribution in [-0.2, 0) is 5.54 Å². The van der Waals surface area contributed by atoms with Crippen LogP contribution in [0, 0.1) is 0 Å². The number of benzene rings is 1. The van der Waals surface area contributed by atoms with Crippen LogP contribution in [0.25, 0.3) is 11.3 Å². The molecule has 3 N–H and O–H groups in total. The number of nitrogens with zero attached hydrogens (tertiary/aromatic N) is 1. The van der Waals surface area contributed by atoms with Crippen LogP contribution in [0.2, 0.25) is 0 Å². The van der Waals surface area contributed by atoms with Crippen molar-refractivity contribution in [3.8, 4) is 11.3 Å². The lowest BCUT2D eigenvalue weighted by atomic mass is 10.0. The Labute approximate surface area is 89.3 Å². The highest BCUT2D eigenvalue weighted by Gasteiger charge is 2.17. The molecule has 3 heteroatoms. The SMILES string of the molecule is CC(C)(N)c1cc(-c2ccccc2)n[nH]1. The number of hydrogen-bond acceptors (Lipinski definition) is 2. The summed E-state index contributed by atoms with van der Waals surface area (Å²) in [5, 5.41) is 7.22. The predicted molar refractivity (Wildman–Crippen MR) is 61.2 cm³/mol. The molecular formula is C12H15N3. The zero-order valence-corrected chi connectivity index (χ0v) is 8.99. The van der Waals surface area contributed by atoms with Crippen LogP contribution in [0.3, 0.4) is 0 Å². The zero-order chi connectivity index (χ0) is 10.9. The fraction of sp³-hybridized carbons (Fsp3) is 0.250. The van der Waals surface area contributed by atoms with Gasteiger partial charge in [-0.25, -0.2) is 0 Å². The number of hydrogen-bond donors (Lipinski definition) is 2. The van der Waals surface area contributed by atoms with E-state index in [2.05, 4.69) is 10.2 Å². The van der Waals surface area contributed by atoms with Gasteiger partial charge in [0.05, 0.1) is 16.9 Å². The minimum absolute atomic E-state index is 0.375. The van der Waals surface area contributed by atoms with Gasteiger partial charge in [0.25, 0.3) is 0 Å². The maximum atomic E-state index is 5.98. The summed E-state index contributed by atoms with van der Waals surface area (Å²) < 4.78 is 0. The molecule has 0 aliphatic carbocycles. The molecule has 1 aromatic heterocycles. The lowest BCUT2D eigenvalue weighted by Crippen LogP contribution is -2.28. The Bertz CT molecular complexity index is 437. The second-order valence-corrected chi connectivity index (χ2v) is 4.25. The summed E-state index contributed by atoms with van der Waals surface area (Å²) >= 11 is 0. The van der Waals surface area contributed by atoms with Crippen LogP contribution in [0.1, 0.15) is 19.5 Å². The molecule has 3 nitrogen and oxygen atoms in total. The highest BCUT2D eigenvalue weighted by Crippen LogP contribution is 2.21. The Morgan fingerprint density at radius 1 is 1.20 bits per heavy atom. The molecule has 2 rings (SSSR count). The van der Waals surface area contributed by atoms with Crippen molar-refractivity contribution in [2.45, 2.75) is 19.4 Å². The Balaban J connectivity index is 2.37. The second-order valence-electron chi connectivity index (χ2n) is 4.25. The molecule has 1 heterocycles. The molecule has 0 saturated heterocycles. The van der Waals surface area contributed by atoms with Crippen LogP contribution < -0.4 is 5.73 Å². The highest BCUT2D eigenvalue weighted by molar-refractivity contribution is 5.59. The van der Waals surface area contributed by atoms with E-state index in [1.807, 2.05) is 50.2 Å². The first-order valence-electron chi connectivity index (χ1n) is 4.97. The molecule has 0 amide bonds. The lowest BCUT2D eigenvalue weighted by molar-refractivity contribution is 0.533. The largest absolute Gasteiger partial charge is 0.321 e. The second kappa shape index (κ2) is 3.51. The normalized spacial score (nSPS) is 11.7. The van der Waals surface area contributed by atoms with Gasteiger partial charge in [0.2, 0.25) is 0 Å². The maximum absolute atomic E-state index is 5.98. The Kier molecular flexibility index (Phi) is 2.32. The van der Waals surface area contributed by atoms with Gasteiger partial charge in [0.1, 0.15) is 0 Å². The van der Waals surface area contributed by atoms with Crippen molar-refractivity contribution >= 4 is 0 Å². The average molecular weight is 201 g/mol. The molecular weight excluding hydrogens is 186 g/mol. The first-order chi connectivity index (χ1) is 7.07. The van der Waals surface area contributed by atoms with Crippen LogP contribution in [0.4, 0.5) is 0 Å². The van der Waals surface area contributed by atoms with Crippen LogP contribution in [0.15, 0.2) is 36.4 Å². The van der Waals surface area contributed by atoms with E-state index in [1.165, 1.54) is 0 Å². The van der Waals surface area contributed by atoms with Gasteiger partial charge < -0.3 is 5.73 Å². The summed E-state index contributed by atoms with van der Waals surface area (Å²) in [6.45, 7) is 3.91. The van der Waals surface area contributed by atoms with E-state index in [1.54, 1.807) is 0 Å². The molecule has 0 unspecified atom stereocenters. The number of nitrogens with two attached hydrogens (primary N) is 1. The summed E-state index contributed by atoms with van der Waals surface area (Å²) in [5.74, 6) is 0. The monoisotopic (exact) mass is 201 g/mol.